The summed E-state index contributed by atoms with van der Waals surface area (Å²) < 4.78 is 0. The van der Waals surface area contributed by atoms with Crippen LogP contribution in [0.2, 0.25) is 0 Å². The zero-order chi connectivity index (χ0) is 13.0. The first kappa shape index (κ1) is 13.1. The molecule has 1 amide bonds. The molecule has 1 saturated carbocycles. The summed E-state index contributed by atoms with van der Waals surface area (Å²) in [6.07, 6.45) is 2.01. The molecule has 3 atom stereocenters. The zero-order valence-electron chi connectivity index (χ0n) is 10.4. The minimum absolute atomic E-state index is 0.112. The summed E-state index contributed by atoms with van der Waals surface area (Å²) in [5.41, 5.74) is 6.30. The molecular weight excluding hydrogens is 228 g/mol. The number of aliphatic hydroxyl groups is 1. The van der Waals surface area contributed by atoms with E-state index in [4.69, 9.17) is 5.73 Å². The largest absolute Gasteiger partial charge is 0.378 e. The monoisotopic (exact) mass is 248 g/mol. The van der Waals surface area contributed by atoms with E-state index in [9.17, 15) is 9.90 Å². The van der Waals surface area contributed by atoms with Crippen LogP contribution in [0.3, 0.4) is 0 Å². The van der Waals surface area contributed by atoms with Crippen molar-refractivity contribution in [1.82, 2.24) is 5.32 Å². The standard InChI is InChI=1S/C14H20N2O2/c15-9-11-7-4-8-12(11)16-14(18)13(17)10-5-2-1-3-6-10/h1-3,5-6,11-13,17H,4,7-9,15H2,(H,16,18). The Morgan fingerprint density at radius 2 is 2.11 bits per heavy atom. The molecule has 3 unspecified atom stereocenters. The zero-order valence-corrected chi connectivity index (χ0v) is 10.4. The van der Waals surface area contributed by atoms with Crippen molar-refractivity contribution in [3.63, 3.8) is 0 Å². The van der Waals surface area contributed by atoms with Gasteiger partial charge in [0.2, 0.25) is 0 Å². The van der Waals surface area contributed by atoms with E-state index in [1.54, 1.807) is 12.1 Å². The maximum atomic E-state index is 12.0. The molecule has 0 radical (unpaired) electrons. The summed E-state index contributed by atoms with van der Waals surface area (Å²) in [5.74, 6) is 0.0171. The van der Waals surface area contributed by atoms with E-state index in [-0.39, 0.29) is 11.9 Å². The van der Waals surface area contributed by atoms with Crippen LogP contribution in [0, 0.1) is 5.92 Å². The minimum atomic E-state index is -1.09. The quantitative estimate of drug-likeness (QED) is 0.743. The number of nitrogens with one attached hydrogen (secondary N) is 1. The molecule has 1 aliphatic carbocycles. The van der Waals surface area contributed by atoms with Crippen LogP contribution in [0.4, 0.5) is 0 Å². The molecule has 1 aliphatic rings. The molecule has 4 nitrogen and oxygen atoms in total. The Kier molecular flexibility index (Phi) is 4.33. The van der Waals surface area contributed by atoms with E-state index in [0.29, 0.717) is 18.0 Å². The maximum Gasteiger partial charge on any atom is 0.253 e. The van der Waals surface area contributed by atoms with Crippen LogP contribution in [0.1, 0.15) is 30.9 Å². The van der Waals surface area contributed by atoms with Gasteiger partial charge in [0, 0.05) is 6.04 Å². The van der Waals surface area contributed by atoms with Crippen LogP contribution in [-0.4, -0.2) is 23.6 Å². The van der Waals surface area contributed by atoms with Gasteiger partial charge in [-0.05, 0) is 30.9 Å². The van der Waals surface area contributed by atoms with Crippen LogP contribution in [0.25, 0.3) is 0 Å². The van der Waals surface area contributed by atoms with Crippen LogP contribution in [-0.2, 0) is 4.79 Å². The summed E-state index contributed by atoms with van der Waals surface area (Å²) in [7, 11) is 0. The van der Waals surface area contributed by atoms with E-state index >= 15 is 0 Å². The topological polar surface area (TPSA) is 75.3 Å². The maximum absolute atomic E-state index is 12.0. The molecule has 4 heteroatoms. The fraction of sp³-hybridized carbons (Fsp3) is 0.500. The van der Waals surface area contributed by atoms with Crippen molar-refractivity contribution in [2.45, 2.75) is 31.4 Å². The van der Waals surface area contributed by atoms with E-state index in [1.165, 1.54) is 0 Å². The van der Waals surface area contributed by atoms with Crippen molar-refractivity contribution in [2.75, 3.05) is 6.54 Å². The molecule has 0 aromatic heterocycles. The van der Waals surface area contributed by atoms with Gasteiger partial charge in [0.25, 0.3) is 5.91 Å². The molecule has 0 bridgehead atoms. The van der Waals surface area contributed by atoms with Crippen molar-refractivity contribution in [1.29, 1.82) is 0 Å². The summed E-state index contributed by atoms with van der Waals surface area (Å²) >= 11 is 0. The Hall–Kier alpha value is -1.39. The number of carbonyl (C=O) groups is 1. The minimum Gasteiger partial charge on any atom is -0.378 e. The lowest BCUT2D eigenvalue weighted by molar-refractivity contribution is -0.130. The van der Waals surface area contributed by atoms with Gasteiger partial charge >= 0.3 is 0 Å². The first-order valence-electron chi connectivity index (χ1n) is 6.46. The van der Waals surface area contributed by atoms with Crippen molar-refractivity contribution in [2.24, 2.45) is 11.7 Å². The van der Waals surface area contributed by atoms with Gasteiger partial charge < -0.3 is 16.2 Å². The number of carbonyl (C=O) groups excluding carboxylic acids is 1. The first-order chi connectivity index (χ1) is 8.72. The second-order valence-corrected chi connectivity index (χ2v) is 4.85. The number of hydrogen-bond donors (Lipinski definition) is 3. The van der Waals surface area contributed by atoms with E-state index in [0.717, 1.165) is 19.3 Å². The molecule has 1 aromatic carbocycles. The number of amides is 1. The third-order valence-electron chi connectivity index (χ3n) is 3.65. The highest BCUT2D eigenvalue weighted by molar-refractivity contribution is 5.82. The van der Waals surface area contributed by atoms with Crippen molar-refractivity contribution < 1.29 is 9.90 Å². The first-order valence-corrected chi connectivity index (χ1v) is 6.46. The average molecular weight is 248 g/mol. The fourth-order valence-corrected chi connectivity index (χ4v) is 2.56. The second-order valence-electron chi connectivity index (χ2n) is 4.85. The van der Waals surface area contributed by atoms with Crippen molar-refractivity contribution >= 4 is 5.91 Å². The smallest absolute Gasteiger partial charge is 0.253 e. The van der Waals surface area contributed by atoms with Gasteiger partial charge in [0.15, 0.2) is 6.10 Å². The highest BCUT2D eigenvalue weighted by atomic mass is 16.3. The number of hydrogen-bond acceptors (Lipinski definition) is 3. The van der Waals surface area contributed by atoms with Gasteiger partial charge in [0.05, 0.1) is 0 Å². The molecular formula is C14H20N2O2. The molecule has 0 aliphatic heterocycles. The van der Waals surface area contributed by atoms with Gasteiger partial charge in [-0.15, -0.1) is 0 Å². The van der Waals surface area contributed by atoms with E-state index < -0.39 is 6.10 Å². The molecule has 1 aromatic rings. The number of benzene rings is 1. The van der Waals surface area contributed by atoms with Gasteiger partial charge in [-0.25, -0.2) is 0 Å². The SMILES string of the molecule is NCC1CCCC1NC(=O)C(O)c1ccccc1. The molecule has 98 valence electrons. The predicted octanol–water partition coefficient (Wildman–Crippen LogP) is 0.964. The molecule has 18 heavy (non-hydrogen) atoms. The van der Waals surface area contributed by atoms with Crippen LogP contribution in [0.5, 0.6) is 0 Å². The Morgan fingerprint density at radius 1 is 1.39 bits per heavy atom. The Labute approximate surface area is 107 Å². The fourth-order valence-electron chi connectivity index (χ4n) is 2.56. The van der Waals surface area contributed by atoms with E-state index in [1.807, 2.05) is 18.2 Å². The molecule has 0 spiro atoms. The molecule has 1 fully saturated rings. The van der Waals surface area contributed by atoms with Gasteiger partial charge in [-0.2, -0.15) is 0 Å². The van der Waals surface area contributed by atoms with Crippen LogP contribution < -0.4 is 11.1 Å². The Balaban J connectivity index is 1.95. The van der Waals surface area contributed by atoms with E-state index in [2.05, 4.69) is 5.32 Å². The second kappa shape index (κ2) is 5.98. The average Bonchev–Trinajstić information content (AvgIpc) is 2.86. The number of aliphatic hydroxyl groups excluding tert-OH is 1. The lowest BCUT2D eigenvalue weighted by Gasteiger charge is -2.21. The van der Waals surface area contributed by atoms with Gasteiger partial charge in [-0.3, -0.25) is 4.79 Å². The Bertz CT molecular complexity index is 394. The third-order valence-corrected chi connectivity index (χ3v) is 3.65. The van der Waals surface area contributed by atoms with Crippen LogP contribution >= 0.6 is 0 Å². The molecule has 0 saturated heterocycles. The highest BCUT2D eigenvalue weighted by Crippen LogP contribution is 2.25. The molecule has 4 N–H and O–H groups in total. The third kappa shape index (κ3) is 2.89. The van der Waals surface area contributed by atoms with Gasteiger partial charge in [0.1, 0.15) is 0 Å². The lowest BCUT2D eigenvalue weighted by atomic mass is 10.0. The molecule has 0 heterocycles. The van der Waals surface area contributed by atoms with Crippen molar-refractivity contribution in [3.8, 4) is 0 Å². The summed E-state index contributed by atoms with van der Waals surface area (Å²) in [5, 5.41) is 12.9. The summed E-state index contributed by atoms with van der Waals surface area (Å²) in [6, 6.07) is 9.09. The normalized spacial score (nSPS) is 24.8. The summed E-state index contributed by atoms with van der Waals surface area (Å²) in [6.45, 7) is 0.590. The number of rotatable bonds is 4. The van der Waals surface area contributed by atoms with Crippen LogP contribution in [0.15, 0.2) is 30.3 Å². The lowest BCUT2D eigenvalue weighted by Crippen LogP contribution is -2.42. The van der Waals surface area contributed by atoms with Gasteiger partial charge in [-0.1, -0.05) is 36.8 Å². The molecule has 2 rings (SSSR count). The van der Waals surface area contributed by atoms with Crippen molar-refractivity contribution in [3.05, 3.63) is 35.9 Å². The summed E-state index contributed by atoms with van der Waals surface area (Å²) in [4.78, 5) is 12.0. The highest BCUT2D eigenvalue weighted by Gasteiger charge is 2.29. The predicted molar refractivity (Wildman–Crippen MR) is 69.7 cm³/mol. The Morgan fingerprint density at radius 3 is 2.78 bits per heavy atom. The number of nitrogens with two attached hydrogens (primary N) is 1.